The van der Waals surface area contributed by atoms with Gasteiger partial charge in [-0.1, -0.05) is 19.1 Å². The number of nitrogens with one attached hydrogen (secondary N) is 1. The van der Waals surface area contributed by atoms with E-state index >= 15 is 0 Å². The van der Waals surface area contributed by atoms with Gasteiger partial charge in [0.2, 0.25) is 0 Å². The standard InChI is InChI=1S/C16H23N3/c1-2-14-10-13(12-17-15-6-7-15)11-16(18-14)19-8-4-3-5-9-19/h3-4,10-11,15,17H,2,5-9,12H2,1H3. The zero-order valence-corrected chi connectivity index (χ0v) is 11.7. The Morgan fingerprint density at radius 1 is 1.32 bits per heavy atom. The van der Waals surface area contributed by atoms with E-state index in [0.29, 0.717) is 0 Å². The third-order valence-corrected chi connectivity index (χ3v) is 3.84. The van der Waals surface area contributed by atoms with Gasteiger partial charge in [0.25, 0.3) is 0 Å². The molecule has 1 aromatic heterocycles. The van der Waals surface area contributed by atoms with Gasteiger partial charge < -0.3 is 10.2 Å². The van der Waals surface area contributed by atoms with Crippen molar-refractivity contribution < 1.29 is 0 Å². The molecule has 3 nitrogen and oxygen atoms in total. The van der Waals surface area contributed by atoms with Gasteiger partial charge in [0, 0.05) is 31.4 Å². The van der Waals surface area contributed by atoms with Crippen LogP contribution in [0.25, 0.3) is 0 Å². The fraction of sp³-hybridized carbons (Fsp3) is 0.562. The summed E-state index contributed by atoms with van der Waals surface area (Å²) < 4.78 is 0. The Morgan fingerprint density at radius 3 is 2.89 bits per heavy atom. The fourth-order valence-electron chi connectivity index (χ4n) is 2.48. The zero-order chi connectivity index (χ0) is 13.1. The first kappa shape index (κ1) is 12.7. The lowest BCUT2D eigenvalue weighted by atomic mass is 10.1. The molecule has 1 N–H and O–H groups in total. The van der Waals surface area contributed by atoms with Gasteiger partial charge in [-0.3, -0.25) is 0 Å². The molecule has 3 heteroatoms. The molecule has 0 unspecified atom stereocenters. The maximum atomic E-state index is 4.78. The monoisotopic (exact) mass is 257 g/mol. The predicted molar refractivity (Wildman–Crippen MR) is 79.4 cm³/mol. The number of nitrogens with zero attached hydrogens (tertiary/aromatic N) is 2. The van der Waals surface area contributed by atoms with Crippen molar-refractivity contribution in [3.63, 3.8) is 0 Å². The first-order valence-electron chi connectivity index (χ1n) is 7.48. The molecule has 0 spiro atoms. The smallest absolute Gasteiger partial charge is 0.129 e. The molecule has 0 saturated heterocycles. The molecule has 1 fully saturated rings. The van der Waals surface area contributed by atoms with E-state index in [9.17, 15) is 0 Å². The molecule has 102 valence electrons. The van der Waals surface area contributed by atoms with Crippen molar-refractivity contribution >= 4 is 5.82 Å². The van der Waals surface area contributed by atoms with Gasteiger partial charge >= 0.3 is 0 Å². The van der Waals surface area contributed by atoms with Crippen LogP contribution in [0.2, 0.25) is 0 Å². The first-order chi connectivity index (χ1) is 9.35. The van der Waals surface area contributed by atoms with Gasteiger partial charge in [-0.25, -0.2) is 4.98 Å². The van der Waals surface area contributed by atoms with Crippen LogP contribution in [-0.4, -0.2) is 24.1 Å². The molecule has 0 amide bonds. The molecule has 0 aromatic carbocycles. The van der Waals surface area contributed by atoms with Crippen LogP contribution in [0.5, 0.6) is 0 Å². The van der Waals surface area contributed by atoms with E-state index in [1.807, 2.05) is 0 Å². The van der Waals surface area contributed by atoms with E-state index in [4.69, 9.17) is 4.98 Å². The van der Waals surface area contributed by atoms with Crippen LogP contribution in [0.15, 0.2) is 24.3 Å². The molecule has 0 bridgehead atoms. The number of hydrogen-bond donors (Lipinski definition) is 1. The van der Waals surface area contributed by atoms with Gasteiger partial charge in [-0.2, -0.15) is 0 Å². The van der Waals surface area contributed by atoms with Crippen molar-refractivity contribution in [1.82, 2.24) is 10.3 Å². The summed E-state index contributed by atoms with van der Waals surface area (Å²) in [6.07, 6.45) is 9.33. The second-order valence-corrected chi connectivity index (χ2v) is 5.54. The van der Waals surface area contributed by atoms with Crippen LogP contribution in [0, 0.1) is 0 Å². The highest BCUT2D eigenvalue weighted by molar-refractivity contribution is 5.44. The second kappa shape index (κ2) is 5.74. The number of rotatable bonds is 5. The summed E-state index contributed by atoms with van der Waals surface area (Å²) in [5, 5.41) is 3.59. The van der Waals surface area contributed by atoms with Crippen molar-refractivity contribution in [1.29, 1.82) is 0 Å². The molecule has 1 aliphatic heterocycles. The third-order valence-electron chi connectivity index (χ3n) is 3.84. The minimum absolute atomic E-state index is 0.764. The topological polar surface area (TPSA) is 28.2 Å². The minimum Gasteiger partial charge on any atom is -0.353 e. The van der Waals surface area contributed by atoms with Crippen LogP contribution in [0.1, 0.15) is 37.4 Å². The molecule has 0 atom stereocenters. The number of aromatic nitrogens is 1. The van der Waals surface area contributed by atoms with Crippen molar-refractivity contribution in [2.24, 2.45) is 0 Å². The van der Waals surface area contributed by atoms with E-state index in [1.54, 1.807) is 0 Å². The molecule has 3 rings (SSSR count). The van der Waals surface area contributed by atoms with Crippen LogP contribution < -0.4 is 10.2 Å². The highest BCUT2D eigenvalue weighted by atomic mass is 15.2. The lowest BCUT2D eigenvalue weighted by Gasteiger charge is -2.25. The Kier molecular flexibility index (Phi) is 3.83. The average molecular weight is 257 g/mol. The van der Waals surface area contributed by atoms with Gasteiger partial charge in [0.15, 0.2) is 0 Å². The lowest BCUT2D eigenvalue weighted by molar-refractivity contribution is 0.684. The molecule has 1 saturated carbocycles. The van der Waals surface area contributed by atoms with Crippen molar-refractivity contribution in [2.45, 2.75) is 45.2 Å². The minimum atomic E-state index is 0.764. The van der Waals surface area contributed by atoms with Crippen molar-refractivity contribution in [3.8, 4) is 0 Å². The summed E-state index contributed by atoms with van der Waals surface area (Å²) in [4.78, 5) is 7.16. The van der Waals surface area contributed by atoms with Crippen molar-refractivity contribution in [3.05, 3.63) is 35.5 Å². The Balaban J connectivity index is 1.76. The van der Waals surface area contributed by atoms with E-state index in [1.165, 1.54) is 24.1 Å². The predicted octanol–water partition coefficient (Wildman–Crippen LogP) is 2.66. The molecule has 2 aliphatic rings. The highest BCUT2D eigenvalue weighted by Gasteiger charge is 2.20. The Bertz CT molecular complexity index is 463. The first-order valence-corrected chi connectivity index (χ1v) is 7.48. The maximum Gasteiger partial charge on any atom is 0.129 e. The Hall–Kier alpha value is -1.35. The van der Waals surface area contributed by atoms with Crippen LogP contribution >= 0.6 is 0 Å². The largest absolute Gasteiger partial charge is 0.353 e. The van der Waals surface area contributed by atoms with Crippen molar-refractivity contribution in [2.75, 3.05) is 18.0 Å². The summed E-state index contributed by atoms with van der Waals surface area (Å²) in [6.45, 7) is 5.25. The van der Waals surface area contributed by atoms with Gasteiger partial charge in [0.05, 0.1) is 0 Å². The normalized spacial score (nSPS) is 18.9. The second-order valence-electron chi connectivity index (χ2n) is 5.54. The summed E-state index contributed by atoms with van der Waals surface area (Å²) >= 11 is 0. The van der Waals surface area contributed by atoms with E-state index in [-0.39, 0.29) is 0 Å². The number of pyridine rings is 1. The van der Waals surface area contributed by atoms with Gasteiger partial charge in [0.1, 0.15) is 5.82 Å². The molecular formula is C16H23N3. The third kappa shape index (κ3) is 3.35. The number of aryl methyl sites for hydroxylation is 1. The summed E-state index contributed by atoms with van der Waals surface area (Å²) in [7, 11) is 0. The molecular weight excluding hydrogens is 234 g/mol. The molecule has 0 radical (unpaired) electrons. The quantitative estimate of drug-likeness (QED) is 0.822. The Labute approximate surface area is 115 Å². The van der Waals surface area contributed by atoms with E-state index < -0.39 is 0 Å². The number of hydrogen-bond acceptors (Lipinski definition) is 3. The summed E-state index contributed by atoms with van der Waals surface area (Å²) in [5.74, 6) is 1.15. The lowest BCUT2D eigenvalue weighted by Crippen LogP contribution is -2.28. The van der Waals surface area contributed by atoms with Crippen LogP contribution in [0.3, 0.4) is 0 Å². The molecule has 1 aromatic rings. The van der Waals surface area contributed by atoms with E-state index in [0.717, 1.165) is 44.3 Å². The SMILES string of the molecule is CCc1cc(CNC2CC2)cc(N2CC=CCC2)n1. The maximum absolute atomic E-state index is 4.78. The summed E-state index contributed by atoms with van der Waals surface area (Å²) in [6, 6.07) is 5.27. The van der Waals surface area contributed by atoms with E-state index in [2.05, 4.69) is 41.4 Å². The molecule has 19 heavy (non-hydrogen) atoms. The Morgan fingerprint density at radius 2 is 2.21 bits per heavy atom. The van der Waals surface area contributed by atoms with Crippen LogP contribution in [0.4, 0.5) is 5.82 Å². The summed E-state index contributed by atoms with van der Waals surface area (Å²) in [5.41, 5.74) is 2.59. The zero-order valence-electron chi connectivity index (χ0n) is 11.7. The number of anilines is 1. The molecule has 1 aliphatic carbocycles. The average Bonchev–Trinajstić information content (AvgIpc) is 3.30. The molecule has 2 heterocycles. The van der Waals surface area contributed by atoms with Gasteiger partial charge in [-0.05, 0) is 43.4 Å². The highest BCUT2D eigenvalue weighted by Crippen LogP contribution is 2.21. The fourth-order valence-corrected chi connectivity index (χ4v) is 2.48. The van der Waals surface area contributed by atoms with Gasteiger partial charge in [-0.15, -0.1) is 0 Å². The van der Waals surface area contributed by atoms with Crippen LogP contribution in [-0.2, 0) is 13.0 Å².